The third kappa shape index (κ3) is 2.20. The zero-order chi connectivity index (χ0) is 13.1. The summed E-state index contributed by atoms with van der Waals surface area (Å²) in [5.74, 6) is -1.11. The van der Waals surface area contributed by atoms with Gasteiger partial charge in [0.25, 0.3) is 0 Å². The minimum Gasteiger partial charge on any atom is -0.497 e. The van der Waals surface area contributed by atoms with Crippen molar-refractivity contribution < 1.29 is 23.5 Å². The lowest BCUT2D eigenvalue weighted by atomic mass is 10.2. The van der Waals surface area contributed by atoms with Crippen LogP contribution in [-0.2, 0) is 9.53 Å². The molecule has 0 unspecified atom stereocenters. The number of furan rings is 1. The molecular formula is C13H12O5. The summed E-state index contributed by atoms with van der Waals surface area (Å²) in [7, 11) is 1.54. The number of carbonyl (C=O) groups excluding carboxylic acids is 2. The van der Waals surface area contributed by atoms with Crippen LogP contribution in [0.5, 0.6) is 5.75 Å². The summed E-state index contributed by atoms with van der Waals surface area (Å²) >= 11 is 0. The molecule has 1 aromatic carbocycles. The van der Waals surface area contributed by atoms with Crippen LogP contribution < -0.4 is 4.74 Å². The van der Waals surface area contributed by atoms with Crippen LogP contribution in [0.4, 0.5) is 0 Å². The van der Waals surface area contributed by atoms with Crippen LogP contribution in [0.15, 0.2) is 28.7 Å². The van der Waals surface area contributed by atoms with Crippen molar-refractivity contribution in [2.24, 2.45) is 0 Å². The molecule has 0 atom stereocenters. The van der Waals surface area contributed by atoms with Crippen molar-refractivity contribution in [1.29, 1.82) is 0 Å². The molecule has 0 spiro atoms. The van der Waals surface area contributed by atoms with Gasteiger partial charge in [-0.05, 0) is 25.1 Å². The van der Waals surface area contributed by atoms with Gasteiger partial charge < -0.3 is 13.9 Å². The van der Waals surface area contributed by atoms with Gasteiger partial charge in [0.05, 0.1) is 13.7 Å². The highest BCUT2D eigenvalue weighted by molar-refractivity contribution is 6.40. The minimum absolute atomic E-state index is 0.0308. The number of carbonyl (C=O) groups is 2. The van der Waals surface area contributed by atoms with E-state index < -0.39 is 11.8 Å². The molecule has 0 N–H and O–H groups in total. The average Bonchev–Trinajstić information content (AvgIpc) is 2.80. The number of hydrogen-bond donors (Lipinski definition) is 0. The molecule has 0 aliphatic rings. The maximum atomic E-state index is 11.7. The Morgan fingerprint density at radius 1 is 1.28 bits per heavy atom. The zero-order valence-corrected chi connectivity index (χ0v) is 10.1. The van der Waals surface area contributed by atoms with Crippen molar-refractivity contribution in [3.8, 4) is 5.75 Å². The second-order valence-corrected chi connectivity index (χ2v) is 3.56. The van der Waals surface area contributed by atoms with Gasteiger partial charge in [0, 0.05) is 11.5 Å². The van der Waals surface area contributed by atoms with E-state index in [1.165, 1.54) is 13.2 Å². The Labute approximate surface area is 103 Å². The molecule has 0 aliphatic heterocycles. The molecule has 0 saturated heterocycles. The lowest BCUT2D eigenvalue weighted by Crippen LogP contribution is -2.16. The van der Waals surface area contributed by atoms with Gasteiger partial charge in [0.15, 0.2) is 5.76 Å². The van der Waals surface area contributed by atoms with Gasteiger partial charge in [-0.25, -0.2) is 4.79 Å². The highest BCUT2D eigenvalue weighted by Gasteiger charge is 2.21. The molecule has 0 fully saturated rings. The molecule has 18 heavy (non-hydrogen) atoms. The van der Waals surface area contributed by atoms with Crippen LogP contribution in [0.2, 0.25) is 0 Å². The summed E-state index contributed by atoms with van der Waals surface area (Å²) < 4.78 is 15.0. The van der Waals surface area contributed by atoms with Gasteiger partial charge in [-0.3, -0.25) is 4.79 Å². The Balaban J connectivity index is 2.35. The molecular weight excluding hydrogens is 236 g/mol. The standard InChI is InChI=1S/C13H12O5/c1-3-17-13(15)12(14)11-6-8-4-5-9(16-2)7-10(8)18-11/h4-7H,3H2,1-2H3. The second-order valence-electron chi connectivity index (χ2n) is 3.56. The van der Waals surface area contributed by atoms with E-state index in [0.29, 0.717) is 11.3 Å². The summed E-state index contributed by atoms with van der Waals surface area (Å²) in [5, 5.41) is 0.725. The maximum Gasteiger partial charge on any atom is 0.383 e. The van der Waals surface area contributed by atoms with E-state index in [2.05, 4.69) is 4.74 Å². The molecule has 0 saturated carbocycles. The van der Waals surface area contributed by atoms with E-state index in [0.717, 1.165) is 5.39 Å². The summed E-state index contributed by atoms with van der Waals surface area (Å²) in [5.41, 5.74) is 0.488. The van der Waals surface area contributed by atoms with Crippen LogP contribution in [-0.4, -0.2) is 25.5 Å². The lowest BCUT2D eigenvalue weighted by molar-refractivity contribution is -0.137. The average molecular weight is 248 g/mol. The Bertz CT molecular complexity index is 596. The summed E-state index contributed by atoms with van der Waals surface area (Å²) in [6.45, 7) is 1.79. The van der Waals surface area contributed by atoms with Gasteiger partial charge in [-0.2, -0.15) is 0 Å². The van der Waals surface area contributed by atoms with Gasteiger partial charge in [0.1, 0.15) is 11.3 Å². The van der Waals surface area contributed by atoms with Gasteiger partial charge in [0.2, 0.25) is 0 Å². The van der Waals surface area contributed by atoms with Crippen LogP contribution in [0.3, 0.4) is 0 Å². The molecule has 0 aliphatic carbocycles. The lowest BCUT2D eigenvalue weighted by Gasteiger charge is -1.97. The van der Waals surface area contributed by atoms with Crippen LogP contribution in [0.1, 0.15) is 17.5 Å². The van der Waals surface area contributed by atoms with Crippen LogP contribution in [0.25, 0.3) is 11.0 Å². The first kappa shape index (κ1) is 12.2. The molecule has 2 aromatic rings. The number of benzene rings is 1. The third-order valence-electron chi connectivity index (χ3n) is 2.41. The van der Waals surface area contributed by atoms with E-state index >= 15 is 0 Å². The Morgan fingerprint density at radius 2 is 2.06 bits per heavy atom. The molecule has 0 amide bonds. The highest BCUT2D eigenvalue weighted by atomic mass is 16.5. The van der Waals surface area contributed by atoms with Gasteiger partial charge in [-0.1, -0.05) is 0 Å². The Morgan fingerprint density at radius 3 is 2.72 bits per heavy atom. The number of methoxy groups -OCH3 is 1. The largest absolute Gasteiger partial charge is 0.497 e. The van der Waals surface area contributed by atoms with Gasteiger partial charge in [-0.15, -0.1) is 0 Å². The topological polar surface area (TPSA) is 65.7 Å². The normalized spacial score (nSPS) is 10.3. The van der Waals surface area contributed by atoms with Crippen molar-refractivity contribution in [3.63, 3.8) is 0 Å². The summed E-state index contributed by atoms with van der Waals surface area (Å²) in [4.78, 5) is 22.9. The van der Waals surface area contributed by atoms with E-state index in [-0.39, 0.29) is 12.4 Å². The van der Waals surface area contributed by atoms with Crippen molar-refractivity contribution in [1.82, 2.24) is 0 Å². The van der Waals surface area contributed by atoms with E-state index in [1.54, 1.807) is 25.1 Å². The first-order valence-electron chi connectivity index (χ1n) is 5.44. The van der Waals surface area contributed by atoms with E-state index in [1.807, 2.05) is 0 Å². The first-order valence-corrected chi connectivity index (χ1v) is 5.44. The fourth-order valence-corrected chi connectivity index (χ4v) is 1.55. The maximum absolute atomic E-state index is 11.7. The monoisotopic (exact) mass is 248 g/mol. The first-order chi connectivity index (χ1) is 8.65. The Kier molecular flexibility index (Phi) is 3.32. The zero-order valence-electron chi connectivity index (χ0n) is 10.1. The van der Waals surface area contributed by atoms with Crippen molar-refractivity contribution in [2.45, 2.75) is 6.92 Å². The molecule has 0 radical (unpaired) electrons. The van der Waals surface area contributed by atoms with Gasteiger partial charge >= 0.3 is 11.8 Å². The minimum atomic E-state index is -0.913. The predicted octanol–water partition coefficient (Wildman–Crippen LogP) is 2.19. The fourth-order valence-electron chi connectivity index (χ4n) is 1.55. The van der Waals surface area contributed by atoms with E-state index in [4.69, 9.17) is 9.15 Å². The number of esters is 1. The molecule has 5 heteroatoms. The number of ketones is 1. The summed E-state index contributed by atoms with van der Waals surface area (Å²) in [6.07, 6.45) is 0. The number of fused-ring (bicyclic) bond motifs is 1. The number of hydrogen-bond acceptors (Lipinski definition) is 5. The number of Topliss-reactive ketones (excluding diaryl/α,β-unsaturated/α-hetero) is 1. The third-order valence-corrected chi connectivity index (χ3v) is 2.41. The van der Waals surface area contributed by atoms with Crippen molar-refractivity contribution >= 4 is 22.7 Å². The molecule has 94 valence electrons. The van der Waals surface area contributed by atoms with Crippen molar-refractivity contribution in [3.05, 3.63) is 30.0 Å². The molecule has 1 aromatic heterocycles. The SMILES string of the molecule is CCOC(=O)C(=O)c1cc2ccc(OC)cc2o1. The Hall–Kier alpha value is -2.30. The molecule has 5 nitrogen and oxygen atoms in total. The summed E-state index contributed by atoms with van der Waals surface area (Å²) in [6, 6.07) is 6.65. The quantitative estimate of drug-likeness (QED) is 0.471. The smallest absolute Gasteiger partial charge is 0.383 e. The fraction of sp³-hybridized carbons (Fsp3) is 0.231. The predicted molar refractivity (Wildman–Crippen MR) is 63.7 cm³/mol. The number of rotatable bonds is 4. The number of ether oxygens (including phenoxy) is 2. The highest BCUT2D eigenvalue weighted by Crippen LogP contribution is 2.24. The van der Waals surface area contributed by atoms with Crippen LogP contribution >= 0.6 is 0 Å². The second kappa shape index (κ2) is 4.91. The van der Waals surface area contributed by atoms with E-state index in [9.17, 15) is 9.59 Å². The van der Waals surface area contributed by atoms with Crippen LogP contribution in [0, 0.1) is 0 Å². The molecule has 2 rings (SSSR count). The molecule has 1 heterocycles. The van der Waals surface area contributed by atoms with Crippen molar-refractivity contribution in [2.75, 3.05) is 13.7 Å². The molecule has 0 bridgehead atoms.